The smallest absolute Gasteiger partial charge is 0.307 e. The van der Waals surface area contributed by atoms with Gasteiger partial charge in [0, 0.05) is 12.6 Å². The zero-order valence-electron chi connectivity index (χ0n) is 17.0. The van der Waals surface area contributed by atoms with Gasteiger partial charge in [0.2, 0.25) is 0 Å². The van der Waals surface area contributed by atoms with Crippen LogP contribution in [0.4, 0.5) is 0 Å². The molecule has 1 aromatic carbocycles. The lowest BCUT2D eigenvalue weighted by atomic mass is 9.95. The molecule has 0 radical (unpaired) electrons. The highest BCUT2D eigenvalue weighted by Gasteiger charge is 2.25. The Balaban J connectivity index is 2.04. The Hall–Kier alpha value is -2.04. The number of amides is 1. The molecule has 5 heteroatoms. The van der Waals surface area contributed by atoms with Crippen molar-refractivity contribution in [2.75, 3.05) is 20.3 Å². The second kappa shape index (κ2) is 11.0. The van der Waals surface area contributed by atoms with E-state index in [4.69, 9.17) is 9.47 Å². The average Bonchev–Trinajstić information content (AvgIpc) is 2.63. The molecular weight excluding hydrogens is 342 g/mol. The number of hydrogen-bond acceptors (Lipinski definition) is 4. The van der Waals surface area contributed by atoms with Crippen LogP contribution in [0.1, 0.15) is 62.5 Å². The molecule has 0 aromatic heterocycles. The highest BCUT2D eigenvalue weighted by molar-refractivity contribution is 5.79. The van der Waals surface area contributed by atoms with Crippen LogP contribution in [0.2, 0.25) is 0 Å². The molecule has 1 saturated carbocycles. The standard InChI is InChI=1S/C22H33NO4/c1-17-11-12-18(2)20(15-17)27-16-21(24)23(14-13-22(25)26-3)19-9-7-5-4-6-8-10-19/h11-12,15,19H,4-10,13-14,16H2,1-3H3. The largest absolute Gasteiger partial charge is 0.483 e. The van der Waals surface area contributed by atoms with Crippen LogP contribution in [0.15, 0.2) is 18.2 Å². The third kappa shape index (κ3) is 6.89. The fourth-order valence-corrected chi connectivity index (χ4v) is 3.66. The molecule has 0 heterocycles. The van der Waals surface area contributed by atoms with Crippen molar-refractivity contribution >= 4 is 11.9 Å². The summed E-state index contributed by atoms with van der Waals surface area (Å²) >= 11 is 0. The minimum absolute atomic E-state index is 0.00195. The molecule has 150 valence electrons. The molecule has 1 aliphatic carbocycles. The van der Waals surface area contributed by atoms with Crippen molar-refractivity contribution in [3.8, 4) is 5.75 Å². The molecule has 1 fully saturated rings. The van der Waals surface area contributed by atoms with Crippen LogP contribution < -0.4 is 4.74 Å². The van der Waals surface area contributed by atoms with E-state index >= 15 is 0 Å². The van der Waals surface area contributed by atoms with Gasteiger partial charge in [0.1, 0.15) is 5.75 Å². The summed E-state index contributed by atoms with van der Waals surface area (Å²) in [5.41, 5.74) is 2.12. The van der Waals surface area contributed by atoms with Gasteiger partial charge in [-0.25, -0.2) is 0 Å². The maximum Gasteiger partial charge on any atom is 0.307 e. The average molecular weight is 376 g/mol. The van der Waals surface area contributed by atoms with Crippen LogP contribution in [-0.4, -0.2) is 43.1 Å². The normalized spacial score (nSPS) is 15.5. The summed E-state index contributed by atoms with van der Waals surface area (Å²) in [6.07, 6.45) is 8.19. The minimum Gasteiger partial charge on any atom is -0.483 e. The van der Waals surface area contributed by atoms with Gasteiger partial charge in [0.05, 0.1) is 13.5 Å². The Labute approximate surface area is 163 Å². The highest BCUT2D eigenvalue weighted by atomic mass is 16.5. The molecule has 0 atom stereocenters. The van der Waals surface area contributed by atoms with Crippen LogP contribution in [0.5, 0.6) is 5.75 Å². The topological polar surface area (TPSA) is 55.8 Å². The lowest BCUT2D eigenvalue weighted by Gasteiger charge is -2.33. The number of hydrogen-bond donors (Lipinski definition) is 0. The molecule has 1 amide bonds. The molecule has 0 N–H and O–H groups in total. The minimum atomic E-state index is -0.283. The van der Waals surface area contributed by atoms with Crippen molar-refractivity contribution in [2.45, 2.75) is 71.3 Å². The first kappa shape index (κ1) is 21.3. The first-order chi connectivity index (χ1) is 13.0. The van der Waals surface area contributed by atoms with E-state index in [9.17, 15) is 9.59 Å². The molecule has 0 saturated heterocycles. The SMILES string of the molecule is COC(=O)CCN(C(=O)COc1cc(C)ccc1C)C1CCCCCCC1. The summed E-state index contributed by atoms with van der Waals surface area (Å²) < 4.78 is 10.6. The number of nitrogens with zero attached hydrogens (tertiary/aromatic N) is 1. The zero-order chi connectivity index (χ0) is 19.6. The molecule has 0 aliphatic heterocycles. The molecule has 1 aliphatic rings. The van der Waals surface area contributed by atoms with Crippen molar-refractivity contribution < 1.29 is 19.1 Å². The molecule has 27 heavy (non-hydrogen) atoms. The maximum absolute atomic E-state index is 13.0. The number of carbonyl (C=O) groups is 2. The summed E-state index contributed by atoms with van der Waals surface area (Å²) in [6, 6.07) is 6.17. The highest BCUT2D eigenvalue weighted by Crippen LogP contribution is 2.23. The first-order valence-corrected chi connectivity index (χ1v) is 10.1. The van der Waals surface area contributed by atoms with Crippen LogP contribution in [0, 0.1) is 13.8 Å². The van der Waals surface area contributed by atoms with Gasteiger partial charge in [-0.2, -0.15) is 0 Å². The lowest BCUT2D eigenvalue weighted by Crippen LogP contribution is -2.44. The van der Waals surface area contributed by atoms with E-state index in [2.05, 4.69) is 0 Å². The van der Waals surface area contributed by atoms with Gasteiger partial charge in [-0.3, -0.25) is 9.59 Å². The van der Waals surface area contributed by atoms with Gasteiger partial charge in [0.25, 0.3) is 5.91 Å². The number of carbonyl (C=O) groups excluding carboxylic acids is 2. The molecule has 0 bridgehead atoms. The zero-order valence-corrected chi connectivity index (χ0v) is 17.0. The summed E-state index contributed by atoms with van der Waals surface area (Å²) in [5, 5.41) is 0. The van der Waals surface area contributed by atoms with Gasteiger partial charge in [-0.1, -0.05) is 44.2 Å². The number of esters is 1. The predicted octanol–water partition coefficient (Wildman–Crippen LogP) is 4.19. The van der Waals surface area contributed by atoms with Crippen LogP contribution in [0.3, 0.4) is 0 Å². The molecular formula is C22H33NO4. The Morgan fingerprint density at radius 1 is 1.07 bits per heavy atom. The van der Waals surface area contributed by atoms with Gasteiger partial charge < -0.3 is 14.4 Å². The summed E-state index contributed by atoms with van der Waals surface area (Å²) in [5.74, 6) is 0.411. The maximum atomic E-state index is 13.0. The number of benzene rings is 1. The molecule has 1 aromatic rings. The molecule has 0 spiro atoms. The first-order valence-electron chi connectivity index (χ1n) is 10.1. The fourth-order valence-electron chi connectivity index (χ4n) is 3.66. The summed E-state index contributed by atoms with van der Waals surface area (Å²) in [7, 11) is 1.38. The Morgan fingerprint density at radius 2 is 1.74 bits per heavy atom. The van der Waals surface area contributed by atoms with Crippen molar-refractivity contribution in [3.05, 3.63) is 29.3 Å². The quantitative estimate of drug-likeness (QED) is 0.671. The van der Waals surface area contributed by atoms with Crippen LogP contribution in [0.25, 0.3) is 0 Å². The third-order valence-corrected chi connectivity index (χ3v) is 5.32. The van der Waals surface area contributed by atoms with Crippen molar-refractivity contribution in [1.82, 2.24) is 4.90 Å². The second-order valence-corrected chi connectivity index (χ2v) is 7.47. The van der Waals surface area contributed by atoms with E-state index in [0.717, 1.165) is 42.6 Å². The summed E-state index contributed by atoms with van der Waals surface area (Å²) in [4.78, 5) is 26.4. The van der Waals surface area contributed by atoms with E-state index in [1.165, 1.54) is 26.4 Å². The van der Waals surface area contributed by atoms with E-state index in [1.54, 1.807) is 0 Å². The van der Waals surface area contributed by atoms with E-state index in [1.807, 2.05) is 36.9 Å². The number of rotatable bonds is 7. The van der Waals surface area contributed by atoms with Crippen LogP contribution in [-0.2, 0) is 14.3 Å². The molecule has 2 rings (SSSR count). The number of ether oxygens (including phenoxy) is 2. The van der Waals surface area contributed by atoms with Gasteiger partial charge >= 0.3 is 5.97 Å². The van der Waals surface area contributed by atoms with Gasteiger partial charge in [-0.15, -0.1) is 0 Å². The van der Waals surface area contributed by atoms with Crippen molar-refractivity contribution in [1.29, 1.82) is 0 Å². The van der Waals surface area contributed by atoms with E-state index in [0.29, 0.717) is 6.54 Å². The summed E-state index contributed by atoms with van der Waals surface area (Å²) in [6.45, 7) is 4.38. The number of methoxy groups -OCH3 is 1. The fraction of sp³-hybridized carbons (Fsp3) is 0.636. The van der Waals surface area contributed by atoms with Gasteiger partial charge in [-0.05, 0) is 43.9 Å². The number of aryl methyl sites for hydroxylation is 2. The van der Waals surface area contributed by atoms with Crippen molar-refractivity contribution in [3.63, 3.8) is 0 Å². The van der Waals surface area contributed by atoms with Crippen LogP contribution >= 0.6 is 0 Å². The lowest BCUT2D eigenvalue weighted by molar-refractivity contribution is -0.143. The second-order valence-electron chi connectivity index (χ2n) is 7.47. The Morgan fingerprint density at radius 3 is 2.41 bits per heavy atom. The van der Waals surface area contributed by atoms with Gasteiger partial charge in [0.15, 0.2) is 6.61 Å². The molecule has 5 nitrogen and oxygen atoms in total. The van der Waals surface area contributed by atoms with E-state index < -0.39 is 0 Å². The van der Waals surface area contributed by atoms with Crippen molar-refractivity contribution in [2.24, 2.45) is 0 Å². The predicted molar refractivity (Wildman–Crippen MR) is 106 cm³/mol. The Bertz CT molecular complexity index is 621. The van der Waals surface area contributed by atoms with E-state index in [-0.39, 0.29) is 30.9 Å². The Kier molecular flexibility index (Phi) is 8.62. The monoisotopic (exact) mass is 375 g/mol. The molecule has 0 unspecified atom stereocenters. The third-order valence-electron chi connectivity index (χ3n) is 5.32.